The Morgan fingerprint density at radius 1 is 1.58 bits per heavy atom. The van der Waals surface area contributed by atoms with Gasteiger partial charge < -0.3 is 4.74 Å². The molecule has 1 rings (SSSR count). The van der Waals surface area contributed by atoms with Gasteiger partial charge >= 0.3 is 5.97 Å². The molecule has 0 saturated carbocycles. The van der Waals surface area contributed by atoms with Crippen LogP contribution in [0, 0.1) is 17.8 Å². The van der Waals surface area contributed by atoms with Crippen molar-refractivity contribution in [1.82, 2.24) is 0 Å². The monoisotopic (exact) mass is 168 g/mol. The molecule has 0 N–H and O–H groups in total. The number of hydrogen-bond donors (Lipinski definition) is 0. The number of carbonyl (C=O) groups is 1. The van der Waals surface area contributed by atoms with Gasteiger partial charge in [-0.25, -0.2) is 0 Å². The van der Waals surface area contributed by atoms with E-state index in [2.05, 4.69) is 13.5 Å². The maximum atomic E-state index is 11.2. The summed E-state index contributed by atoms with van der Waals surface area (Å²) >= 11 is 0. The van der Waals surface area contributed by atoms with Crippen molar-refractivity contribution in [2.75, 3.05) is 0 Å². The first-order chi connectivity index (χ1) is 5.57. The predicted molar refractivity (Wildman–Crippen MR) is 47.6 cm³/mol. The fourth-order valence-corrected chi connectivity index (χ4v) is 1.57. The Hall–Kier alpha value is -0.790. The lowest BCUT2D eigenvalue weighted by molar-refractivity contribution is -0.144. The molecule has 12 heavy (non-hydrogen) atoms. The first-order valence-corrected chi connectivity index (χ1v) is 4.41. The maximum Gasteiger partial charge on any atom is 0.309 e. The van der Waals surface area contributed by atoms with E-state index in [0.717, 1.165) is 0 Å². The average Bonchev–Trinajstić information content (AvgIpc) is 2.32. The molecule has 2 heteroatoms. The molecule has 2 nitrogen and oxygen atoms in total. The topological polar surface area (TPSA) is 26.3 Å². The van der Waals surface area contributed by atoms with E-state index in [1.165, 1.54) is 0 Å². The van der Waals surface area contributed by atoms with Gasteiger partial charge in [0.05, 0.1) is 5.92 Å². The third-order valence-corrected chi connectivity index (χ3v) is 2.82. The lowest BCUT2D eigenvalue weighted by atomic mass is 9.88. The third-order valence-electron chi connectivity index (χ3n) is 2.82. The molecule has 0 amide bonds. The minimum atomic E-state index is -0.0683. The summed E-state index contributed by atoms with van der Waals surface area (Å²) in [4.78, 5) is 11.2. The second-order valence-corrected chi connectivity index (χ2v) is 3.64. The van der Waals surface area contributed by atoms with Crippen molar-refractivity contribution in [3.63, 3.8) is 0 Å². The molecule has 1 heterocycles. The summed E-state index contributed by atoms with van der Waals surface area (Å²) in [6.07, 6.45) is 1.87. The fourth-order valence-electron chi connectivity index (χ4n) is 1.57. The quantitative estimate of drug-likeness (QED) is 0.465. The molecule has 0 spiro atoms. The lowest BCUT2D eigenvalue weighted by Gasteiger charge is -2.18. The molecule has 0 bridgehead atoms. The molecule has 68 valence electrons. The Morgan fingerprint density at radius 2 is 2.17 bits per heavy atom. The second-order valence-electron chi connectivity index (χ2n) is 3.64. The summed E-state index contributed by atoms with van der Waals surface area (Å²) in [7, 11) is 0. The largest absolute Gasteiger partial charge is 0.461 e. The molecule has 0 aliphatic carbocycles. The van der Waals surface area contributed by atoms with Gasteiger partial charge in [-0.2, -0.15) is 0 Å². The van der Waals surface area contributed by atoms with Crippen LogP contribution in [0.1, 0.15) is 20.8 Å². The number of ether oxygens (including phenoxy) is 1. The Morgan fingerprint density at radius 3 is 2.50 bits per heavy atom. The molecule has 0 aromatic carbocycles. The Balaban J connectivity index is 2.70. The lowest BCUT2D eigenvalue weighted by Crippen LogP contribution is -2.22. The van der Waals surface area contributed by atoms with E-state index >= 15 is 0 Å². The van der Waals surface area contributed by atoms with Gasteiger partial charge in [0.15, 0.2) is 0 Å². The Kier molecular flexibility index (Phi) is 2.55. The molecule has 0 radical (unpaired) electrons. The highest BCUT2D eigenvalue weighted by Crippen LogP contribution is 2.32. The average molecular weight is 168 g/mol. The van der Waals surface area contributed by atoms with Crippen LogP contribution in [0.5, 0.6) is 0 Å². The van der Waals surface area contributed by atoms with E-state index in [1.54, 1.807) is 0 Å². The van der Waals surface area contributed by atoms with Crippen LogP contribution in [0.25, 0.3) is 0 Å². The van der Waals surface area contributed by atoms with Crippen molar-refractivity contribution >= 4 is 5.97 Å². The Labute approximate surface area is 73.6 Å². The van der Waals surface area contributed by atoms with Crippen LogP contribution >= 0.6 is 0 Å². The first-order valence-electron chi connectivity index (χ1n) is 4.41. The van der Waals surface area contributed by atoms with E-state index in [4.69, 9.17) is 4.74 Å². The predicted octanol–water partition coefficient (Wildman–Crippen LogP) is 2.01. The summed E-state index contributed by atoms with van der Waals surface area (Å²) in [6, 6.07) is 0. The maximum absolute atomic E-state index is 11.2. The van der Waals surface area contributed by atoms with Crippen molar-refractivity contribution in [3.05, 3.63) is 12.7 Å². The van der Waals surface area contributed by atoms with Gasteiger partial charge in [0.25, 0.3) is 0 Å². The minimum Gasteiger partial charge on any atom is -0.461 e. The summed E-state index contributed by atoms with van der Waals surface area (Å²) in [5.41, 5.74) is 0. The van der Waals surface area contributed by atoms with Gasteiger partial charge in [0.2, 0.25) is 0 Å². The van der Waals surface area contributed by atoms with E-state index in [-0.39, 0.29) is 23.9 Å². The van der Waals surface area contributed by atoms with Crippen LogP contribution in [0.15, 0.2) is 12.7 Å². The molecule has 1 aliphatic heterocycles. The first kappa shape index (κ1) is 9.30. The smallest absolute Gasteiger partial charge is 0.309 e. The summed E-state index contributed by atoms with van der Waals surface area (Å²) in [6.45, 7) is 9.70. The van der Waals surface area contributed by atoms with Crippen LogP contribution < -0.4 is 0 Å². The van der Waals surface area contributed by atoms with Crippen LogP contribution in [0.4, 0.5) is 0 Å². The van der Waals surface area contributed by atoms with Crippen LogP contribution in [-0.2, 0) is 9.53 Å². The van der Waals surface area contributed by atoms with Crippen LogP contribution in [-0.4, -0.2) is 12.1 Å². The van der Waals surface area contributed by atoms with Crippen molar-refractivity contribution in [2.24, 2.45) is 17.8 Å². The van der Waals surface area contributed by atoms with E-state index < -0.39 is 0 Å². The molecular formula is C10H16O2. The zero-order valence-electron chi connectivity index (χ0n) is 7.91. The van der Waals surface area contributed by atoms with Gasteiger partial charge in [0.1, 0.15) is 6.10 Å². The highest BCUT2D eigenvalue weighted by molar-refractivity contribution is 5.74. The van der Waals surface area contributed by atoms with Gasteiger partial charge in [0, 0.05) is 11.8 Å². The molecule has 0 aromatic heterocycles. The molecule has 1 fully saturated rings. The highest BCUT2D eigenvalue weighted by Gasteiger charge is 2.40. The van der Waals surface area contributed by atoms with Gasteiger partial charge in [-0.3, -0.25) is 4.79 Å². The highest BCUT2D eigenvalue weighted by atomic mass is 16.6. The molecule has 1 aliphatic rings. The summed E-state index contributed by atoms with van der Waals surface area (Å²) in [5.74, 6) is 0.540. The van der Waals surface area contributed by atoms with E-state index in [0.29, 0.717) is 5.92 Å². The Bertz CT molecular complexity index is 198. The van der Waals surface area contributed by atoms with E-state index in [1.807, 2.05) is 19.9 Å². The van der Waals surface area contributed by atoms with Crippen molar-refractivity contribution < 1.29 is 9.53 Å². The van der Waals surface area contributed by atoms with Crippen LogP contribution in [0.3, 0.4) is 0 Å². The third kappa shape index (κ3) is 1.38. The zero-order valence-corrected chi connectivity index (χ0v) is 7.91. The summed E-state index contributed by atoms with van der Waals surface area (Å²) < 4.78 is 5.23. The molecule has 1 saturated heterocycles. The SMILES string of the molecule is C=C[C@H](C)[C@@H]1OC(=O)[C@H](C)[C@@H]1C. The van der Waals surface area contributed by atoms with Gasteiger partial charge in [-0.1, -0.05) is 26.8 Å². The van der Waals surface area contributed by atoms with Crippen molar-refractivity contribution in [2.45, 2.75) is 26.9 Å². The number of cyclic esters (lactones) is 1. The van der Waals surface area contributed by atoms with Crippen molar-refractivity contribution in [3.8, 4) is 0 Å². The standard InChI is InChI=1S/C10H16O2/c1-5-6(2)9-7(3)8(4)10(11)12-9/h5-9H,1H2,2-4H3/t6-,7-,8+,9-/m0/s1. The van der Waals surface area contributed by atoms with Gasteiger partial charge in [-0.15, -0.1) is 6.58 Å². The number of esters is 1. The molecule has 0 unspecified atom stereocenters. The summed E-state index contributed by atoms with van der Waals surface area (Å²) in [5, 5.41) is 0. The normalized spacial score (nSPS) is 37.6. The van der Waals surface area contributed by atoms with Gasteiger partial charge in [-0.05, 0) is 0 Å². The molecule has 4 atom stereocenters. The number of hydrogen-bond acceptors (Lipinski definition) is 2. The van der Waals surface area contributed by atoms with E-state index in [9.17, 15) is 4.79 Å². The van der Waals surface area contributed by atoms with Crippen molar-refractivity contribution in [1.29, 1.82) is 0 Å². The van der Waals surface area contributed by atoms with Crippen LogP contribution in [0.2, 0.25) is 0 Å². The molecular weight excluding hydrogens is 152 g/mol. The minimum absolute atomic E-state index is 0.0324. The number of rotatable bonds is 2. The fraction of sp³-hybridized carbons (Fsp3) is 0.700. The zero-order chi connectivity index (χ0) is 9.30. The number of carbonyl (C=O) groups excluding carboxylic acids is 1. The second kappa shape index (κ2) is 3.30. The molecule has 0 aromatic rings.